The zero-order valence-corrected chi connectivity index (χ0v) is 26.9. The van der Waals surface area contributed by atoms with Crippen molar-refractivity contribution in [3.8, 4) is 5.75 Å². The van der Waals surface area contributed by atoms with Crippen molar-refractivity contribution in [1.82, 2.24) is 9.62 Å². The van der Waals surface area contributed by atoms with Crippen LogP contribution < -0.4 is 15.0 Å². The number of nitrogens with zero attached hydrogens (tertiary/aromatic N) is 2. The van der Waals surface area contributed by atoms with Crippen molar-refractivity contribution in [3.63, 3.8) is 0 Å². The van der Waals surface area contributed by atoms with E-state index >= 15 is 0 Å². The number of hydrogen-bond donors (Lipinski definition) is 3. The molecule has 0 aliphatic heterocycles. The summed E-state index contributed by atoms with van der Waals surface area (Å²) in [6.45, 7) is 7.27. The normalized spacial score (nSPS) is 14.0. The second kappa shape index (κ2) is 17.7. The van der Waals surface area contributed by atoms with Gasteiger partial charge in [0.15, 0.2) is 6.10 Å². The number of hydrogen-bond acceptors (Lipinski definition) is 9. The maximum absolute atomic E-state index is 13.6. The molecule has 0 aliphatic carbocycles. The van der Waals surface area contributed by atoms with Crippen LogP contribution in [0.3, 0.4) is 0 Å². The zero-order chi connectivity index (χ0) is 32.1. The van der Waals surface area contributed by atoms with E-state index in [1.54, 1.807) is 37.9 Å². The van der Waals surface area contributed by atoms with E-state index in [1.807, 2.05) is 78.9 Å². The minimum atomic E-state index is -1.13. The fraction of sp³-hybridized carbons (Fsp3) is 0.412. The summed E-state index contributed by atoms with van der Waals surface area (Å²) in [5.74, 6) is 0.598. The first kappa shape index (κ1) is 34.9. The molecule has 9 nitrogen and oxygen atoms in total. The number of ether oxygens (including phenoxy) is 2. The molecular weight excluding hydrogens is 578 g/mol. The quantitative estimate of drug-likeness (QED) is 0.140. The van der Waals surface area contributed by atoms with Gasteiger partial charge in [0.1, 0.15) is 5.75 Å². The smallest absolute Gasteiger partial charge is 0.293 e. The van der Waals surface area contributed by atoms with Gasteiger partial charge in [-0.2, -0.15) is 0 Å². The van der Waals surface area contributed by atoms with Crippen LogP contribution in [0.2, 0.25) is 0 Å². The van der Waals surface area contributed by atoms with Gasteiger partial charge in [-0.3, -0.25) is 9.59 Å². The monoisotopic (exact) mass is 623 g/mol. The Labute approximate surface area is 265 Å². The molecule has 0 spiro atoms. The van der Waals surface area contributed by atoms with Gasteiger partial charge >= 0.3 is 0 Å². The summed E-state index contributed by atoms with van der Waals surface area (Å²) in [6, 6.07) is 24.1. The summed E-state index contributed by atoms with van der Waals surface area (Å²) in [7, 11) is 3.41. The van der Waals surface area contributed by atoms with Gasteiger partial charge in [-0.25, -0.2) is 4.31 Å². The van der Waals surface area contributed by atoms with Gasteiger partial charge in [-0.1, -0.05) is 56.3 Å². The average molecular weight is 624 g/mol. The first-order chi connectivity index (χ1) is 21.1. The highest BCUT2D eigenvalue weighted by molar-refractivity contribution is 7.97. The Bertz CT molecular complexity index is 1290. The van der Waals surface area contributed by atoms with Gasteiger partial charge in [0.05, 0.1) is 31.9 Å². The lowest BCUT2D eigenvalue weighted by Crippen LogP contribution is -2.53. The number of aliphatic hydroxyl groups excluding tert-OH is 2. The number of rotatable bonds is 18. The molecule has 4 atom stereocenters. The third-order valence-corrected chi connectivity index (χ3v) is 8.13. The highest BCUT2D eigenvalue weighted by Crippen LogP contribution is 2.27. The summed E-state index contributed by atoms with van der Waals surface area (Å²) >= 11 is 1.54. The lowest BCUT2D eigenvalue weighted by molar-refractivity contribution is -0.145. The van der Waals surface area contributed by atoms with E-state index in [9.17, 15) is 19.8 Å². The summed E-state index contributed by atoms with van der Waals surface area (Å²) in [4.78, 5) is 27.8. The first-order valence-electron chi connectivity index (χ1n) is 14.8. The molecule has 0 aromatic heterocycles. The minimum Gasteiger partial charge on any atom is -0.497 e. The Kier molecular flexibility index (Phi) is 14.0. The number of likely N-dealkylation sites (N-methyl/N-ethyl adjacent to an activating group) is 1. The number of anilines is 1. The number of amides is 1. The number of aliphatic hydroxyl groups is 2. The molecule has 238 valence electrons. The number of methoxy groups -OCH3 is 1. The topological polar surface area (TPSA) is 112 Å². The predicted octanol–water partition coefficient (Wildman–Crippen LogP) is 4.48. The summed E-state index contributed by atoms with van der Waals surface area (Å²) in [6.07, 6.45) is -2.32. The lowest BCUT2D eigenvalue weighted by Gasteiger charge is -2.32. The van der Waals surface area contributed by atoms with Crippen molar-refractivity contribution in [2.24, 2.45) is 5.92 Å². The highest BCUT2D eigenvalue weighted by Gasteiger charge is 2.30. The Morgan fingerprint density at radius 2 is 1.66 bits per heavy atom. The molecule has 0 saturated carbocycles. The van der Waals surface area contributed by atoms with Gasteiger partial charge in [0, 0.05) is 30.7 Å². The van der Waals surface area contributed by atoms with Crippen LogP contribution in [0.5, 0.6) is 5.75 Å². The molecule has 1 amide bonds. The Morgan fingerprint density at radius 1 is 0.955 bits per heavy atom. The van der Waals surface area contributed by atoms with E-state index < -0.39 is 30.3 Å². The third-order valence-electron chi connectivity index (χ3n) is 7.09. The fourth-order valence-electron chi connectivity index (χ4n) is 4.74. The van der Waals surface area contributed by atoms with E-state index in [0.29, 0.717) is 18.9 Å². The third kappa shape index (κ3) is 11.2. The van der Waals surface area contributed by atoms with Crippen molar-refractivity contribution in [1.29, 1.82) is 0 Å². The van der Waals surface area contributed by atoms with Crippen LogP contribution in [0.4, 0.5) is 5.69 Å². The van der Waals surface area contributed by atoms with Crippen molar-refractivity contribution >= 4 is 30.0 Å². The van der Waals surface area contributed by atoms with E-state index in [4.69, 9.17) is 9.47 Å². The molecule has 0 fully saturated rings. The summed E-state index contributed by atoms with van der Waals surface area (Å²) in [5, 5.41) is 24.5. The van der Waals surface area contributed by atoms with Crippen LogP contribution in [0.15, 0.2) is 83.8 Å². The van der Waals surface area contributed by atoms with Crippen LogP contribution in [0.1, 0.15) is 38.0 Å². The highest BCUT2D eigenvalue weighted by atomic mass is 32.2. The second-order valence-electron chi connectivity index (χ2n) is 11.3. The molecule has 4 unspecified atom stereocenters. The predicted molar refractivity (Wildman–Crippen MR) is 175 cm³/mol. The Hall–Kier alpha value is -3.57. The minimum absolute atomic E-state index is 0.0782. The van der Waals surface area contributed by atoms with Gasteiger partial charge in [0.25, 0.3) is 12.4 Å². The molecule has 3 N–H and O–H groups in total. The maximum Gasteiger partial charge on any atom is 0.293 e. The molecule has 0 radical (unpaired) electrons. The second-order valence-corrected chi connectivity index (χ2v) is 12.4. The van der Waals surface area contributed by atoms with Gasteiger partial charge < -0.3 is 29.9 Å². The van der Waals surface area contributed by atoms with Gasteiger partial charge in [0.2, 0.25) is 0 Å². The molecule has 3 aromatic rings. The Balaban J connectivity index is 1.79. The summed E-state index contributed by atoms with van der Waals surface area (Å²) in [5.41, 5.74) is 2.45. The van der Waals surface area contributed by atoms with Crippen molar-refractivity contribution in [3.05, 3.63) is 90.0 Å². The standard InChI is InChI=1S/C34H45N3O6S/c1-24(2)20-37(44-30-16-14-29(42-5)15-17-30)21-32(40)31(18-26-10-7-6-8-11-26)35-34(41)33(43-23-38)22-36(4)28-13-9-12-27(19-28)25(3)39/h6-17,19,23-25,31-33,39-40H,18,20-22H2,1-5H3,(H,35,41). The van der Waals surface area contributed by atoms with Crippen molar-refractivity contribution in [2.45, 2.75) is 56.4 Å². The first-order valence-corrected chi connectivity index (χ1v) is 15.5. The van der Waals surface area contributed by atoms with E-state index in [1.165, 1.54) is 0 Å². The van der Waals surface area contributed by atoms with E-state index in [0.717, 1.165) is 27.5 Å². The largest absolute Gasteiger partial charge is 0.497 e. The molecule has 0 heterocycles. The van der Waals surface area contributed by atoms with Crippen LogP contribution in [0, 0.1) is 5.92 Å². The average Bonchev–Trinajstić information content (AvgIpc) is 3.01. The molecule has 10 heteroatoms. The van der Waals surface area contributed by atoms with Crippen molar-refractivity contribution in [2.75, 3.05) is 38.7 Å². The maximum atomic E-state index is 13.6. The Morgan fingerprint density at radius 3 is 2.27 bits per heavy atom. The van der Waals surface area contributed by atoms with Crippen LogP contribution >= 0.6 is 11.9 Å². The number of carbonyl (C=O) groups excluding carboxylic acids is 2. The molecule has 0 bridgehead atoms. The van der Waals surface area contributed by atoms with E-state index in [2.05, 4.69) is 23.5 Å². The lowest BCUT2D eigenvalue weighted by atomic mass is 10.0. The van der Waals surface area contributed by atoms with Crippen molar-refractivity contribution < 1.29 is 29.3 Å². The molecular formula is C34H45N3O6S. The molecule has 3 aromatic carbocycles. The number of benzene rings is 3. The van der Waals surface area contributed by atoms with Crippen LogP contribution in [-0.2, 0) is 20.7 Å². The van der Waals surface area contributed by atoms with Crippen LogP contribution in [0.25, 0.3) is 0 Å². The fourth-order valence-corrected chi connectivity index (χ4v) is 5.89. The zero-order valence-electron chi connectivity index (χ0n) is 26.1. The number of nitrogens with one attached hydrogen (secondary N) is 1. The summed E-state index contributed by atoms with van der Waals surface area (Å²) < 4.78 is 12.6. The van der Waals surface area contributed by atoms with E-state index in [-0.39, 0.29) is 19.6 Å². The molecule has 0 aliphatic rings. The molecule has 0 saturated heterocycles. The molecule has 44 heavy (non-hydrogen) atoms. The molecule has 3 rings (SSSR count). The van der Waals surface area contributed by atoms with Gasteiger partial charge in [-0.05, 0) is 78.7 Å². The SMILES string of the molecule is COc1ccc(SN(CC(C)C)CC(O)C(Cc2ccccc2)NC(=O)C(CN(C)c2cccc(C(C)O)c2)OC=O)cc1. The number of carbonyl (C=O) groups is 2. The van der Waals surface area contributed by atoms with Crippen LogP contribution in [-0.4, -0.2) is 78.9 Å². The van der Waals surface area contributed by atoms with Gasteiger partial charge in [-0.15, -0.1) is 0 Å².